The Balaban J connectivity index is 0.766. The van der Waals surface area contributed by atoms with E-state index in [0.717, 1.165) is 0 Å². The standard InChI is InChI=1S/C48H54N4O14/c1-31-41(43(53)33-10-12-37(49)35(28-33)47(55)56)39-8-3-5-14-51(39)45(31)65-26-24-62-23-22-61-21-20-60-19-18-59-16-7-17-63-30-64-25-27-66-46-32(2)42(40-9-4-6-15-52(40)46)44(54)34-11-13-38(50)36(29-34)48(57)58/h3-6,8-15,28-29H,7,16-27,30,49-50H2,1-2H3,(H,55,56)(H,57,58). The summed E-state index contributed by atoms with van der Waals surface area (Å²) >= 11 is 0. The molecule has 6 aromatic rings. The van der Waals surface area contributed by atoms with Crippen LogP contribution in [0.5, 0.6) is 11.8 Å². The predicted octanol–water partition coefficient (Wildman–Crippen LogP) is 5.74. The fourth-order valence-corrected chi connectivity index (χ4v) is 7.19. The number of rotatable bonds is 29. The lowest BCUT2D eigenvalue weighted by Crippen LogP contribution is -2.14. The van der Waals surface area contributed by atoms with Crippen LogP contribution in [-0.4, -0.2) is 129 Å². The minimum Gasteiger partial charge on any atom is -0.478 e. The predicted molar refractivity (Wildman–Crippen MR) is 242 cm³/mol. The van der Waals surface area contributed by atoms with Crippen molar-refractivity contribution in [2.24, 2.45) is 0 Å². The number of aromatic nitrogens is 2. The van der Waals surface area contributed by atoms with Crippen molar-refractivity contribution in [3.8, 4) is 11.8 Å². The first kappa shape index (κ1) is 48.7. The van der Waals surface area contributed by atoms with E-state index in [4.69, 9.17) is 49.4 Å². The zero-order chi connectivity index (χ0) is 47.0. The molecule has 4 heterocycles. The number of benzene rings is 2. The maximum atomic E-state index is 13.6. The van der Waals surface area contributed by atoms with Crippen LogP contribution in [0.25, 0.3) is 11.0 Å². The summed E-state index contributed by atoms with van der Waals surface area (Å²) in [6, 6.07) is 19.3. The first-order valence-electron chi connectivity index (χ1n) is 21.3. The molecule has 0 aliphatic carbocycles. The number of carboxylic acids is 2. The van der Waals surface area contributed by atoms with E-state index in [2.05, 4.69) is 0 Å². The molecule has 6 N–H and O–H groups in total. The lowest BCUT2D eigenvalue weighted by molar-refractivity contribution is -0.0658. The van der Waals surface area contributed by atoms with Crippen molar-refractivity contribution in [2.75, 3.05) is 97.5 Å². The number of carbonyl (C=O) groups is 4. The van der Waals surface area contributed by atoms with Crippen LogP contribution < -0.4 is 20.9 Å². The summed E-state index contributed by atoms with van der Waals surface area (Å²) in [6.07, 6.45) is 4.26. The van der Waals surface area contributed by atoms with E-state index in [-0.39, 0.29) is 71.8 Å². The zero-order valence-electron chi connectivity index (χ0n) is 36.8. The molecule has 0 fully saturated rings. The molecule has 0 radical (unpaired) electrons. The maximum absolute atomic E-state index is 13.6. The van der Waals surface area contributed by atoms with Crippen molar-refractivity contribution in [1.82, 2.24) is 8.80 Å². The van der Waals surface area contributed by atoms with Crippen molar-refractivity contribution in [1.29, 1.82) is 0 Å². The van der Waals surface area contributed by atoms with Gasteiger partial charge in [-0.25, -0.2) is 9.59 Å². The Labute approximate surface area is 380 Å². The lowest BCUT2D eigenvalue weighted by atomic mass is 9.98. The number of fused-ring (bicyclic) bond motifs is 2. The summed E-state index contributed by atoms with van der Waals surface area (Å²) in [5, 5.41) is 18.9. The number of hydrogen-bond donors (Lipinski definition) is 4. The number of nitrogens with zero attached hydrogens (tertiary/aromatic N) is 2. The molecule has 66 heavy (non-hydrogen) atoms. The third-order valence-corrected chi connectivity index (χ3v) is 10.4. The Hall–Kier alpha value is -6.80. The second kappa shape index (κ2) is 23.9. The number of anilines is 2. The molecule has 2 aromatic carbocycles. The molecule has 0 saturated carbocycles. The molecule has 6 rings (SSSR count). The number of aromatic carboxylic acids is 2. The van der Waals surface area contributed by atoms with Gasteiger partial charge in [0.25, 0.3) is 0 Å². The van der Waals surface area contributed by atoms with Crippen LogP contribution in [0.3, 0.4) is 0 Å². The van der Waals surface area contributed by atoms with Crippen molar-refractivity contribution >= 4 is 45.9 Å². The second-order valence-electron chi connectivity index (χ2n) is 14.8. The second-order valence-corrected chi connectivity index (χ2v) is 14.8. The topological polar surface area (TPSA) is 243 Å². The van der Waals surface area contributed by atoms with Gasteiger partial charge in [-0.1, -0.05) is 12.1 Å². The van der Waals surface area contributed by atoms with E-state index in [9.17, 15) is 29.4 Å². The number of carboxylic acid groups (broad SMARTS) is 2. The number of nitrogen functional groups attached to an aromatic ring is 2. The van der Waals surface area contributed by atoms with Gasteiger partial charge in [-0.3, -0.25) is 18.4 Å². The Morgan fingerprint density at radius 3 is 1.32 bits per heavy atom. The van der Waals surface area contributed by atoms with E-state index < -0.39 is 11.9 Å². The van der Waals surface area contributed by atoms with Crippen LogP contribution in [0, 0.1) is 13.8 Å². The molecule has 0 bridgehead atoms. The van der Waals surface area contributed by atoms with Gasteiger partial charge >= 0.3 is 11.9 Å². The summed E-state index contributed by atoms with van der Waals surface area (Å²) < 4.78 is 49.1. The molecule has 0 unspecified atom stereocenters. The van der Waals surface area contributed by atoms with Gasteiger partial charge in [0, 0.05) is 52.6 Å². The Morgan fingerprint density at radius 2 is 0.879 bits per heavy atom. The highest BCUT2D eigenvalue weighted by Crippen LogP contribution is 2.33. The summed E-state index contributed by atoms with van der Waals surface area (Å²) in [4.78, 5) is 50.3. The van der Waals surface area contributed by atoms with Crippen LogP contribution >= 0.6 is 0 Å². The van der Waals surface area contributed by atoms with E-state index >= 15 is 0 Å². The molecule has 4 aromatic heterocycles. The minimum atomic E-state index is -1.21. The molecule has 0 atom stereocenters. The van der Waals surface area contributed by atoms with Crippen LogP contribution in [0.2, 0.25) is 0 Å². The molecule has 0 amide bonds. The monoisotopic (exact) mass is 910 g/mol. The van der Waals surface area contributed by atoms with Gasteiger partial charge in [0.2, 0.25) is 11.8 Å². The SMILES string of the molecule is Cc1c(C(=O)c2ccc(N)c(C(=O)O)c2)c2ccccn2c1OCCOCCOCCOCCOCCCOCOCCOc1c(C)c(C(=O)c2ccc(N)c(C(=O)O)c2)c2ccccn12. The number of ketones is 2. The van der Waals surface area contributed by atoms with Gasteiger partial charge in [-0.15, -0.1) is 0 Å². The highest BCUT2D eigenvalue weighted by molar-refractivity contribution is 6.16. The van der Waals surface area contributed by atoms with Crippen LogP contribution in [-0.2, 0) is 28.4 Å². The third-order valence-electron chi connectivity index (χ3n) is 10.4. The molecular weight excluding hydrogens is 857 g/mol. The van der Waals surface area contributed by atoms with E-state index in [0.29, 0.717) is 111 Å². The van der Waals surface area contributed by atoms with Crippen molar-refractivity contribution in [3.05, 3.63) is 130 Å². The highest BCUT2D eigenvalue weighted by Gasteiger charge is 2.25. The van der Waals surface area contributed by atoms with Crippen LogP contribution in [0.1, 0.15) is 70.1 Å². The molecule has 18 heteroatoms. The number of ether oxygens (including phenoxy) is 8. The molecular formula is C48H54N4O14. The van der Waals surface area contributed by atoms with E-state index in [1.807, 2.05) is 24.3 Å². The van der Waals surface area contributed by atoms with E-state index in [1.54, 1.807) is 47.2 Å². The minimum absolute atomic E-state index is 0.0774. The normalized spacial score (nSPS) is 11.4. The van der Waals surface area contributed by atoms with Gasteiger partial charge in [-0.2, -0.15) is 0 Å². The fraction of sp³-hybridized carbons (Fsp3) is 0.333. The zero-order valence-corrected chi connectivity index (χ0v) is 36.8. The van der Waals surface area contributed by atoms with Gasteiger partial charge in [0.15, 0.2) is 11.6 Å². The molecule has 350 valence electrons. The van der Waals surface area contributed by atoms with Crippen molar-refractivity contribution in [3.63, 3.8) is 0 Å². The molecule has 0 spiro atoms. The van der Waals surface area contributed by atoms with Gasteiger partial charge in [0.05, 0.1) is 92.7 Å². The summed E-state index contributed by atoms with van der Waals surface area (Å²) in [5.74, 6) is -2.12. The van der Waals surface area contributed by atoms with Gasteiger partial charge in [-0.05, 0) is 80.9 Å². The first-order valence-corrected chi connectivity index (χ1v) is 21.3. The molecule has 0 aliphatic heterocycles. The number of hydrogen-bond acceptors (Lipinski definition) is 14. The van der Waals surface area contributed by atoms with Crippen LogP contribution in [0.15, 0.2) is 85.2 Å². The lowest BCUT2D eigenvalue weighted by Gasteiger charge is -2.10. The summed E-state index contributed by atoms with van der Waals surface area (Å²) in [6.45, 7) is 7.96. The maximum Gasteiger partial charge on any atom is 0.337 e. The number of nitrogens with two attached hydrogens (primary N) is 2. The third kappa shape index (κ3) is 12.1. The summed E-state index contributed by atoms with van der Waals surface area (Å²) in [7, 11) is 0. The van der Waals surface area contributed by atoms with Crippen molar-refractivity contribution < 1.29 is 67.3 Å². The highest BCUT2D eigenvalue weighted by atomic mass is 16.7. The smallest absolute Gasteiger partial charge is 0.337 e. The number of carbonyl (C=O) groups excluding carboxylic acids is 2. The Kier molecular flexibility index (Phi) is 17.6. The number of pyridine rings is 2. The van der Waals surface area contributed by atoms with E-state index in [1.165, 1.54) is 36.4 Å². The largest absolute Gasteiger partial charge is 0.478 e. The summed E-state index contributed by atoms with van der Waals surface area (Å²) in [5.41, 5.74) is 15.2. The molecule has 0 saturated heterocycles. The van der Waals surface area contributed by atoms with Crippen molar-refractivity contribution in [2.45, 2.75) is 20.3 Å². The first-order chi connectivity index (χ1) is 32.0. The van der Waals surface area contributed by atoms with Crippen LogP contribution in [0.4, 0.5) is 11.4 Å². The van der Waals surface area contributed by atoms with Gasteiger partial charge in [0.1, 0.15) is 20.0 Å². The Bertz CT molecular complexity index is 2460. The van der Waals surface area contributed by atoms with Gasteiger partial charge < -0.3 is 59.6 Å². The average Bonchev–Trinajstić information content (AvgIpc) is 3.75. The Morgan fingerprint density at radius 1 is 0.500 bits per heavy atom. The quantitative estimate of drug-likeness (QED) is 0.0190. The fourth-order valence-electron chi connectivity index (χ4n) is 7.19. The molecule has 18 nitrogen and oxygen atoms in total. The molecule has 0 aliphatic rings. The average molecular weight is 911 g/mol.